The van der Waals surface area contributed by atoms with E-state index in [0.29, 0.717) is 4.91 Å². The van der Waals surface area contributed by atoms with Crippen LogP contribution in [0.25, 0.3) is 6.08 Å². The Hall–Kier alpha value is -0.820. The van der Waals surface area contributed by atoms with E-state index in [0.717, 1.165) is 10.7 Å². The fraction of sp³-hybridized carbons (Fsp3) is 0.167. The van der Waals surface area contributed by atoms with Gasteiger partial charge >= 0.3 is 0 Å². The standard InChI is InChI=1S/C12H11IN2OS/c1-14-12-15(2)11(16)10(17-12)7-8-3-5-9(13)6-4-8/h3-7H,1-2H3/b10-7+,14-12?. The van der Waals surface area contributed by atoms with Crippen LogP contribution in [-0.2, 0) is 4.79 Å². The molecule has 1 heterocycles. The number of likely N-dealkylation sites (N-methyl/N-ethyl adjacent to an activating group) is 1. The second kappa shape index (κ2) is 5.22. The Balaban J connectivity index is 2.30. The van der Waals surface area contributed by atoms with Crippen molar-refractivity contribution < 1.29 is 4.79 Å². The van der Waals surface area contributed by atoms with E-state index in [4.69, 9.17) is 0 Å². The quantitative estimate of drug-likeness (QED) is 0.571. The Labute approximate surface area is 118 Å². The summed E-state index contributed by atoms with van der Waals surface area (Å²) >= 11 is 3.67. The van der Waals surface area contributed by atoms with Gasteiger partial charge in [0, 0.05) is 17.7 Å². The zero-order chi connectivity index (χ0) is 12.4. The monoisotopic (exact) mass is 358 g/mol. The SMILES string of the molecule is CN=C1S/C(=C/c2ccc(I)cc2)C(=O)N1C. The van der Waals surface area contributed by atoms with Crippen molar-refractivity contribution in [3.63, 3.8) is 0 Å². The molecule has 0 aliphatic carbocycles. The first-order chi connectivity index (χ1) is 8.11. The van der Waals surface area contributed by atoms with Gasteiger partial charge in [-0.15, -0.1) is 0 Å². The number of halogens is 1. The summed E-state index contributed by atoms with van der Waals surface area (Å²) in [5, 5.41) is 0.742. The van der Waals surface area contributed by atoms with E-state index in [2.05, 4.69) is 27.6 Å². The maximum absolute atomic E-state index is 11.9. The minimum absolute atomic E-state index is 0.00847. The van der Waals surface area contributed by atoms with Crippen molar-refractivity contribution in [3.05, 3.63) is 38.3 Å². The number of rotatable bonds is 1. The number of carbonyl (C=O) groups excluding carboxylic acids is 1. The number of nitrogens with zero attached hydrogens (tertiary/aromatic N) is 2. The number of thioether (sulfide) groups is 1. The third-order valence-corrected chi connectivity index (χ3v) is 4.23. The van der Waals surface area contributed by atoms with E-state index in [-0.39, 0.29) is 5.91 Å². The van der Waals surface area contributed by atoms with Crippen LogP contribution in [0.4, 0.5) is 0 Å². The number of aliphatic imine (C=N–C) groups is 1. The summed E-state index contributed by atoms with van der Waals surface area (Å²) in [6.07, 6.45) is 1.90. The van der Waals surface area contributed by atoms with Crippen molar-refractivity contribution >= 4 is 51.5 Å². The maximum atomic E-state index is 11.9. The Morgan fingerprint density at radius 2 is 2.00 bits per heavy atom. The fourth-order valence-corrected chi connectivity index (χ4v) is 2.75. The van der Waals surface area contributed by atoms with Crippen molar-refractivity contribution in [2.45, 2.75) is 0 Å². The first-order valence-corrected chi connectivity index (χ1v) is 6.91. The van der Waals surface area contributed by atoms with Gasteiger partial charge in [-0.3, -0.25) is 14.7 Å². The molecule has 1 fully saturated rings. The van der Waals surface area contributed by atoms with E-state index < -0.39 is 0 Å². The first kappa shape index (κ1) is 12.6. The van der Waals surface area contributed by atoms with Crippen molar-refractivity contribution in [2.24, 2.45) is 4.99 Å². The van der Waals surface area contributed by atoms with Gasteiger partial charge in [0.2, 0.25) is 0 Å². The highest BCUT2D eigenvalue weighted by molar-refractivity contribution is 14.1. The Morgan fingerprint density at radius 3 is 2.53 bits per heavy atom. The molecule has 0 saturated carbocycles. The molecule has 3 nitrogen and oxygen atoms in total. The average Bonchev–Trinajstić information content (AvgIpc) is 2.60. The lowest BCUT2D eigenvalue weighted by molar-refractivity contribution is -0.121. The summed E-state index contributed by atoms with van der Waals surface area (Å²) in [5.41, 5.74) is 1.03. The molecule has 0 N–H and O–H groups in total. The molecule has 2 rings (SSSR count). The van der Waals surface area contributed by atoms with Crippen LogP contribution >= 0.6 is 34.4 Å². The van der Waals surface area contributed by atoms with Gasteiger partial charge in [-0.25, -0.2) is 0 Å². The van der Waals surface area contributed by atoms with Crippen LogP contribution in [0.2, 0.25) is 0 Å². The second-order valence-electron chi connectivity index (χ2n) is 3.53. The molecule has 0 aromatic heterocycles. The number of hydrogen-bond acceptors (Lipinski definition) is 3. The summed E-state index contributed by atoms with van der Waals surface area (Å²) in [6.45, 7) is 0. The molecule has 1 aromatic rings. The molecular formula is C12H11IN2OS. The first-order valence-electron chi connectivity index (χ1n) is 5.02. The highest BCUT2D eigenvalue weighted by Gasteiger charge is 2.29. The van der Waals surface area contributed by atoms with E-state index >= 15 is 0 Å². The summed E-state index contributed by atoms with van der Waals surface area (Å²) in [5.74, 6) is 0.00847. The molecular weight excluding hydrogens is 347 g/mol. The molecule has 1 aromatic carbocycles. The van der Waals surface area contributed by atoms with E-state index in [1.807, 2.05) is 30.3 Å². The third kappa shape index (κ3) is 2.71. The normalized spacial score (nSPS) is 20.6. The van der Waals surface area contributed by atoms with E-state index in [1.54, 1.807) is 19.0 Å². The third-order valence-electron chi connectivity index (χ3n) is 2.36. The smallest absolute Gasteiger partial charge is 0.266 e. The van der Waals surface area contributed by atoms with Crippen molar-refractivity contribution in [1.29, 1.82) is 0 Å². The van der Waals surface area contributed by atoms with Gasteiger partial charge in [0.25, 0.3) is 5.91 Å². The summed E-state index contributed by atoms with van der Waals surface area (Å²) < 4.78 is 1.18. The number of amidine groups is 1. The summed E-state index contributed by atoms with van der Waals surface area (Å²) in [6, 6.07) is 8.05. The highest BCUT2D eigenvalue weighted by Crippen LogP contribution is 2.31. The molecule has 1 aliphatic heterocycles. The molecule has 17 heavy (non-hydrogen) atoms. The molecule has 1 saturated heterocycles. The number of benzene rings is 1. The lowest BCUT2D eigenvalue weighted by Gasteiger charge is -2.05. The largest absolute Gasteiger partial charge is 0.290 e. The molecule has 0 spiro atoms. The van der Waals surface area contributed by atoms with Crippen LogP contribution in [0.3, 0.4) is 0 Å². The Bertz CT molecular complexity index is 508. The fourth-order valence-electron chi connectivity index (χ4n) is 1.46. The van der Waals surface area contributed by atoms with Crippen LogP contribution in [0, 0.1) is 3.57 Å². The van der Waals surface area contributed by atoms with Gasteiger partial charge in [-0.1, -0.05) is 12.1 Å². The predicted molar refractivity (Wildman–Crippen MR) is 80.9 cm³/mol. The van der Waals surface area contributed by atoms with Crippen LogP contribution in [-0.4, -0.2) is 30.1 Å². The van der Waals surface area contributed by atoms with Gasteiger partial charge in [0.05, 0.1) is 4.91 Å². The van der Waals surface area contributed by atoms with Gasteiger partial charge in [-0.05, 0) is 58.1 Å². The molecule has 1 amide bonds. The molecule has 0 unspecified atom stereocenters. The van der Waals surface area contributed by atoms with Crippen molar-refractivity contribution in [1.82, 2.24) is 4.90 Å². The molecule has 1 aliphatic rings. The second-order valence-corrected chi connectivity index (χ2v) is 5.79. The Kier molecular flexibility index (Phi) is 3.88. The van der Waals surface area contributed by atoms with Crippen LogP contribution < -0.4 is 0 Å². The summed E-state index contributed by atoms with van der Waals surface area (Å²) in [4.78, 5) is 18.3. The minimum atomic E-state index is 0.00847. The Morgan fingerprint density at radius 1 is 1.35 bits per heavy atom. The van der Waals surface area contributed by atoms with Gasteiger partial charge in [0.15, 0.2) is 5.17 Å². The highest BCUT2D eigenvalue weighted by atomic mass is 127. The van der Waals surface area contributed by atoms with E-state index in [1.165, 1.54) is 15.3 Å². The van der Waals surface area contributed by atoms with E-state index in [9.17, 15) is 4.79 Å². The number of carbonyl (C=O) groups is 1. The number of amides is 1. The van der Waals surface area contributed by atoms with Gasteiger partial charge in [-0.2, -0.15) is 0 Å². The van der Waals surface area contributed by atoms with Crippen molar-refractivity contribution in [3.8, 4) is 0 Å². The molecule has 0 bridgehead atoms. The maximum Gasteiger partial charge on any atom is 0.266 e. The van der Waals surface area contributed by atoms with Gasteiger partial charge in [0.1, 0.15) is 0 Å². The van der Waals surface area contributed by atoms with Crippen molar-refractivity contribution in [2.75, 3.05) is 14.1 Å². The topological polar surface area (TPSA) is 32.7 Å². The lowest BCUT2D eigenvalue weighted by atomic mass is 10.2. The molecule has 0 atom stereocenters. The summed E-state index contributed by atoms with van der Waals surface area (Å²) in [7, 11) is 3.44. The number of hydrogen-bond donors (Lipinski definition) is 0. The van der Waals surface area contributed by atoms with Crippen LogP contribution in [0.5, 0.6) is 0 Å². The minimum Gasteiger partial charge on any atom is -0.290 e. The zero-order valence-electron chi connectivity index (χ0n) is 9.48. The lowest BCUT2D eigenvalue weighted by Crippen LogP contribution is -2.23. The van der Waals surface area contributed by atoms with Gasteiger partial charge < -0.3 is 0 Å². The molecule has 0 radical (unpaired) electrons. The van der Waals surface area contributed by atoms with Crippen LogP contribution in [0.15, 0.2) is 34.2 Å². The zero-order valence-corrected chi connectivity index (χ0v) is 12.4. The molecule has 88 valence electrons. The molecule has 5 heteroatoms. The predicted octanol–water partition coefficient (Wildman–Crippen LogP) is 2.82. The van der Waals surface area contributed by atoms with Crippen LogP contribution in [0.1, 0.15) is 5.56 Å². The average molecular weight is 358 g/mol.